The summed E-state index contributed by atoms with van der Waals surface area (Å²) in [5.41, 5.74) is 4.12. The van der Waals surface area contributed by atoms with Crippen LogP contribution in [0, 0.1) is 18.7 Å². The quantitative estimate of drug-likeness (QED) is 0.843. The average molecular weight is 292 g/mol. The molecule has 2 nitrogen and oxygen atoms in total. The first-order valence-corrected chi connectivity index (χ1v) is 7.85. The molecule has 2 rings (SSSR count). The van der Waals surface area contributed by atoms with Gasteiger partial charge in [0, 0.05) is 4.88 Å². The zero-order chi connectivity index (χ0) is 14.4. The molecular formula is C16H21FN2S. The zero-order valence-electron chi connectivity index (χ0n) is 12.0. The minimum atomic E-state index is -0.149. The van der Waals surface area contributed by atoms with Crippen LogP contribution in [0.25, 0.3) is 0 Å². The van der Waals surface area contributed by atoms with Gasteiger partial charge < -0.3 is 5.32 Å². The summed E-state index contributed by atoms with van der Waals surface area (Å²) in [6, 6.07) is 6.93. The number of benzene rings is 1. The van der Waals surface area contributed by atoms with Crippen molar-refractivity contribution in [1.29, 1.82) is 0 Å². The lowest BCUT2D eigenvalue weighted by atomic mass is 9.94. The molecule has 0 aliphatic heterocycles. The smallest absolute Gasteiger partial charge is 0.123 e. The van der Waals surface area contributed by atoms with Crippen LogP contribution in [0.15, 0.2) is 29.8 Å². The third-order valence-electron chi connectivity index (χ3n) is 3.53. The Morgan fingerprint density at radius 1 is 1.40 bits per heavy atom. The van der Waals surface area contributed by atoms with Gasteiger partial charge in [-0.15, -0.1) is 11.3 Å². The van der Waals surface area contributed by atoms with Crippen molar-refractivity contribution in [3.63, 3.8) is 0 Å². The molecule has 0 radical (unpaired) electrons. The Hall–Kier alpha value is -1.26. The Bertz CT molecular complexity index is 539. The van der Waals surface area contributed by atoms with E-state index in [1.165, 1.54) is 10.9 Å². The highest BCUT2D eigenvalue weighted by atomic mass is 32.1. The van der Waals surface area contributed by atoms with Crippen molar-refractivity contribution >= 4 is 11.3 Å². The molecule has 1 atom stereocenters. The van der Waals surface area contributed by atoms with E-state index in [2.05, 4.69) is 17.2 Å². The first kappa shape index (κ1) is 15.1. The number of nitrogens with zero attached hydrogens (tertiary/aromatic N) is 1. The van der Waals surface area contributed by atoms with Crippen LogP contribution in [-0.4, -0.2) is 18.6 Å². The molecule has 1 heterocycles. The predicted octanol–water partition coefficient (Wildman–Crippen LogP) is 3.60. The highest BCUT2D eigenvalue weighted by Crippen LogP contribution is 2.20. The van der Waals surface area contributed by atoms with E-state index in [1.54, 1.807) is 23.5 Å². The van der Waals surface area contributed by atoms with E-state index >= 15 is 0 Å². The monoisotopic (exact) mass is 292 g/mol. The molecular weight excluding hydrogens is 271 g/mol. The van der Waals surface area contributed by atoms with Gasteiger partial charge in [0.05, 0.1) is 11.2 Å². The molecule has 1 aromatic carbocycles. The molecule has 108 valence electrons. The maximum atomic E-state index is 13.2. The number of thiazole rings is 1. The van der Waals surface area contributed by atoms with Crippen LogP contribution in [-0.2, 0) is 12.8 Å². The summed E-state index contributed by atoms with van der Waals surface area (Å²) in [4.78, 5) is 5.66. The van der Waals surface area contributed by atoms with Crippen LogP contribution in [0.1, 0.15) is 22.6 Å². The van der Waals surface area contributed by atoms with Crippen molar-refractivity contribution in [2.75, 3.05) is 13.6 Å². The molecule has 1 aromatic heterocycles. The van der Waals surface area contributed by atoms with Crippen molar-refractivity contribution in [3.05, 3.63) is 51.7 Å². The fraction of sp³-hybridized carbons (Fsp3) is 0.438. The second-order valence-corrected chi connectivity index (χ2v) is 6.10. The summed E-state index contributed by atoms with van der Waals surface area (Å²) >= 11 is 1.73. The second-order valence-electron chi connectivity index (χ2n) is 5.16. The van der Waals surface area contributed by atoms with Crippen molar-refractivity contribution in [1.82, 2.24) is 10.3 Å². The SMILES string of the molecule is CNCC(CCc1scnc1C)Cc1cccc(F)c1. The number of hydrogen-bond acceptors (Lipinski definition) is 3. The van der Waals surface area contributed by atoms with Crippen LogP contribution in [0.3, 0.4) is 0 Å². The third-order valence-corrected chi connectivity index (χ3v) is 4.53. The van der Waals surface area contributed by atoms with Gasteiger partial charge >= 0.3 is 0 Å². The van der Waals surface area contributed by atoms with Crippen LogP contribution >= 0.6 is 11.3 Å². The van der Waals surface area contributed by atoms with E-state index in [0.717, 1.165) is 37.1 Å². The molecule has 0 spiro atoms. The molecule has 0 saturated carbocycles. The van der Waals surface area contributed by atoms with Gasteiger partial charge in [-0.3, -0.25) is 0 Å². The van der Waals surface area contributed by atoms with Gasteiger partial charge in [-0.1, -0.05) is 12.1 Å². The Morgan fingerprint density at radius 2 is 2.25 bits per heavy atom. The maximum absolute atomic E-state index is 13.2. The van der Waals surface area contributed by atoms with Gasteiger partial charge in [0.15, 0.2) is 0 Å². The number of hydrogen-bond donors (Lipinski definition) is 1. The standard InChI is InChI=1S/C16H21FN2S/c1-12-16(20-11-19-12)7-6-14(10-18-2)8-13-4-3-5-15(17)9-13/h3-5,9,11,14,18H,6-8,10H2,1-2H3. The van der Waals surface area contributed by atoms with Crippen LogP contribution in [0.5, 0.6) is 0 Å². The van der Waals surface area contributed by atoms with Crippen molar-refractivity contribution in [3.8, 4) is 0 Å². The second kappa shape index (κ2) is 7.50. The highest BCUT2D eigenvalue weighted by Gasteiger charge is 2.11. The minimum absolute atomic E-state index is 0.149. The van der Waals surface area contributed by atoms with Gasteiger partial charge in [0.25, 0.3) is 0 Å². The summed E-state index contributed by atoms with van der Waals surface area (Å²) in [6.07, 6.45) is 3.06. The van der Waals surface area contributed by atoms with Gasteiger partial charge in [-0.05, 0) is 63.4 Å². The number of halogens is 1. The van der Waals surface area contributed by atoms with Gasteiger partial charge in [0.2, 0.25) is 0 Å². The van der Waals surface area contributed by atoms with E-state index in [4.69, 9.17) is 0 Å². The Kier molecular flexibility index (Phi) is 5.68. The molecule has 0 amide bonds. The molecule has 0 aliphatic rings. The first-order valence-electron chi connectivity index (χ1n) is 6.97. The van der Waals surface area contributed by atoms with Crippen LogP contribution < -0.4 is 5.32 Å². The molecule has 0 fully saturated rings. The summed E-state index contributed by atoms with van der Waals surface area (Å²) in [5, 5.41) is 3.24. The molecule has 0 aliphatic carbocycles. The van der Waals surface area contributed by atoms with E-state index < -0.39 is 0 Å². The Balaban J connectivity index is 1.95. The molecule has 2 aromatic rings. The van der Waals surface area contributed by atoms with Gasteiger partial charge in [-0.2, -0.15) is 0 Å². The summed E-state index contributed by atoms with van der Waals surface area (Å²) in [5.74, 6) is 0.368. The van der Waals surface area contributed by atoms with Crippen LogP contribution in [0.2, 0.25) is 0 Å². The molecule has 20 heavy (non-hydrogen) atoms. The number of rotatable bonds is 7. The lowest BCUT2D eigenvalue weighted by Crippen LogP contribution is -2.21. The lowest BCUT2D eigenvalue weighted by molar-refractivity contribution is 0.461. The Morgan fingerprint density at radius 3 is 2.90 bits per heavy atom. The third kappa shape index (κ3) is 4.39. The van der Waals surface area contributed by atoms with Gasteiger partial charge in [-0.25, -0.2) is 9.37 Å². The lowest BCUT2D eigenvalue weighted by Gasteiger charge is -2.16. The fourth-order valence-corrected chi connectivity index (χ4v) is 3.26. The number of aryl methyl sites for hydroxylation is 2. The molecule has 4 heteroatoms. The van der Waals surface area contributed by atoms with Crippen molar-refractivity contribution in [2.45, 2.75) is 26.2 Å². The predicted molar refractivity (Wildman–Crippen MR) is 82.7 cm³/mol. The van der Waals surface area contributed by atoms with E-state index in [-0.39, 0.29) is 5.82 Å². The molecule has 1 unspecified atom stereocenters. The molecule has 1 N–H and O–H groups in total. The largest absolute Gasteiger partial charge is 0.319 e. The fourth-order valence-electron chi connectivity index (χ4n) is 2.46. The minimum Gasteiger partial charge on any atom is -0.319 e. The maximum Gasteiger partial charge on any atom is 0.123 e. The summed E-state index contributed by atoms with van der Waals surface area (Å²) in [7, 11) is 1.97. The first-order chi connectivity index (χ1) is 9.69. The van der Waals surface area contributed by atoms with E-state index in [9.17, 15) is 4.39 Å². The average Bonchev–Trinajstić information content (AvgIpc) is 2.82. The summed E-state index contributed by atoms with van der Waals surface area (Å²) in [6.45, 7) is 3.01. The topological polar surface area (TPSA) is 24.9 Å². The van der Waals surface area contributed by atoms with E-state index in [0.29, 0.717) is 5.92 Å². The number of nitrogens with one attached hydrogen (secondary N) is 1. The number of aromatic nitrogens is 1. The summed E-state index contributed by atoms with van der Waals surface area (Å²) < 4.78 is 13.2. The normalized spacial score (nSPS) is 12.6. The highest BCUT2D eigenvalue weighted by molar-refractivity contribution is 7.09. The van der Waals surface area contributed by atoms with Crippen LogP contribution in [0.4, 0.5) is 4.39 Å². The molecule has 0 bridgehead atoms. The zero-order valence-corrected chi connectivity index (χ0v) is 12.8. The van der Waals surface area contributed by atoms with Gasteiger partial charge in [0.1, 0.15) is 5.82 Å². The van der Waals surface area contributed by atoms with Crippen molar-refractivity contribution < 1.29 is 4.39 Å². The van der Waals surface area contributed by atoms with E-state index in [1.807, 2.05) is 18.6 Å². The van der Waals surface area contributed by atoms with Crippen molar-refractivity contribution in [2.24, 2.45) is 5.92 Å². The molecule has 0 saturated heterocycles. The Labute approximate surface area is 124 Å².